The molecule has 0 spiro atoms. The first-order valence-electron chi connectivity index (χ1n) is 7.07. The highest BCUT2D eigenvalue weighted by atomic mass is 35.5. The monoisotopic (exact) mass is 337 g/mol. The molecule has 1 saturated heterocycles. The number of rotatable bonds is 3. The van der Waals surface area contributed by atoms with Crippen LogP contribution in [0.15, 0.2) is 18.2 Å². The molecule has 0 aliphatic carbocycles. The highest BCUT2D eigenvalue weighted by Crippen LogP contribution is 2.28. The van der Waals surface area contributed by atoms with Crippen molar-refractivity contribution >= 4 is 36.0 Å². The Bertz CT molecular complexity index is 704. The van der Waals surface area contributed by atoms with E-state index in [1.54, 1.807) is 18.2 Å². The Morgan fingerprint density at radius 3 is 2.48 bits per heavy atom. The van der Waals surface area contributed by atoms with Crippen LogP contribution in [0, 0.1) is 0 Å². The van der Waals surface area contributed by atoms with Gasteiger partial charge in [0.25, 0.3) is 11.8 Å². The fourth-order valence-electron chi connectivity index (χ4n) is 2.84. The number of hydrogen-bond donors (Lipinski definition) is 2. The second-order valence-electron chi connectivity index (χ2n) is 5.37. The van der Waals surface area contributed by atoms with Crippen molar-refractivity contribution in [1.29, 1.82) is 0 Å². The number of fused-ring (bicyclic) bond motifs is 1. The summed E-state index contributed by atoms with van der Waals surface area (Å²) in [6.07, 6.45) is 0.876. The van der Waals surface area contributed by atoms with E-state index in [1.165, 1.54) is 0 Å². The van der Waals surface area contributed by atoms with E-state index < -0.39 is 23.8 Å². The number of nitrogens with one attached hydrogen (secondary N) is 1. The molecule has 1 atom stereocenters. The van der Waals surface area contributed by atoms with E-state index >= 15 is 0 Å². The molecule has 2 aliphatic heterocycles. The molecule has 1 fully saturated rings. The summed E-state index contributed by atoms with van der Waals surface area (Å²) < 4.78 is 0. The van der Waals surface area contributed by atoms with E-state index in [2.05, 4.69) is 5.32 Å². The predicted octanol–water partition coefficient (Wildman–Crippen LogP) is 0.0108. The van der Waals surface area contributed by atoms with Crippen molar-refractivity contribution in [2.75, 3.05) is 6.54 Å². The standard InChI is InChI=1S/C15H15N3O4.ClH/c16-6-5-8-1-2-9-10(7-8)15(22)18(14(9)21)11-3-4-12(19)17-13(11)20;/h1-2,7,11H,3-6,16H2,(H,17,19,20);1H. The van der Waals surface area contributed by atoms with Crippen LogP contribution in [-0.2, 0) is 16.0 Å². The van der Waals surface area contributed by atoms with Crippen molar-refractivity contribution in [3.63, 3.8) is 0 Å². The summed E-state index contributed by atoms with van der Waals surface area (Å²) in [6, 6.07) is 4.06. The molecule has 0 radical (unpaired) electrons. The lowest BCUT2D eigenvalue weighted by Crippen LogP contribution is -2.54. The average molecular weight is 338 g/mol. The van der Waals surface area contributed by atoms with Crippen LogP contribution in [0.5, 0.6) is 0 Å². The van der Waals surface area contributed by atoms with Gasteiger partial charge in [-0.3, -0.25) is 29.4 Å². The van der Waals surface area contributed by atoms with Crippen molar-refractivity contribution in [3.8, 4) is 0 Å². The van der Waals surface area contributed by atoms with Crippen molar-refractivity contribution in [3.05, 3.63) is 34.9 Å². The lowest BCUT2D eigenvalue weighted by atomic mass is 10.0. The number of nitrogens with two attached hydrogens (primary N) is 1. The van der Waals surface area contributed by atoms with Gasteiger partial charge in [-0.2, -0.15) is 0 Å². The number of amides is 4. The predicted molar refractivity (Wildman–Crippen MR) is 83.1 cm³/mol. The molecule has 0 bridgehead atoms. The average Bonchev–Trinajstić information content (AvgIpc) is 2.72. The molecule has 1 unspecified atom stereocenters. The number of piperidine rings is 1. The van der Waals surface area contributed by atoms with Crippen LogP contribution in [0.1, 0.15) is 39.1 Å². The van der Waals surface area contributed by atoms with Crippen molar-refractivity contribution in [2.24, 2.45) is 5.73 Å². The van der Waals surface area contributed by atoms with E-state index in [1.807, 2.05) is 0 Å². The van der Waals surface area contributed by atoms with E-state index in [0.29, 0.717) is 18.5 Å². The first-order valence-corrected chi connectivity index (χ1v) is 7.07. The molecule has 1 aromatic rings. The molecule has 4 amide bonds. The maximum absolute atomic E-state index is 12.5. The second-order valence-corrected chi connectivity index (χ2v) is 5.37. The van der Waals surface area contributed by atoms with Crippen LogP contribution in [0.3, 0.4) is 0 Å². The Morgan fingerprint density at radius 1 is 1.13 bits per heavy atom. The van der Waals surface area contributed by atoms with Crippen LogP contribution in [0.4, 0.5) is 0 Å². The molecule has 8 heteroatoms. The van der Waals surface area contributed by atoms with E-state index in [4.69, 9.17) is 5.73 Å². The quantitative estimate of drug-likeness (QED) is 0.755. The van der Waals surface area contributed by atoms with Gasteiger partial charge in [-0.25, -0.2) is 0 Å². The lowest BCUT2D eigenvalue weighted by Gasteiger charge is -2.27. The third-order valence-electron chi connectivity index (χ3n) is 3.94. The zero-order valence-corrected chi connectivity index (χ0v) is 13.0. The summed E-state index contributed by atoms with van der Waals surface area (Å²) in [5, 5.41) is 2.17. The van der Waals surface area contributed by atoms with E-state index in [0.717, 1.165) is 10.5 Å². The highest BCUT2D eigenvalue weighted by molar-refractivity contribution is 6.23. The fraction of sp³-hybridized carbons (Fsp3) is 0.333. The van der Waals surface area contributed by atoms with Crippen molar-refractivity contribution in [1.82, 2.24) is 10.2 Å². The minimum Gasteiger partial charge on any atom is -0.330 e. The van der Waals surface area contributed by atoms with Gasteiger partial charge in [0, 0.05) is 6.42 Å². The minimum atomic E-state index is -0.928. The molecule has 0 aromatic heterocycles. The molecular weight excluding hydrogens is 322 g/mol. The molecule has 3 N–H and O–H groups in total. The zero-order valence-electron chi connectivity index (χ0n) is 12.2. The van der Waals surface area contributed by atoms with Crippen molar-refractivity contribution < 1.29 is 19.2 Å². The number of nitrogens with zero attached hydrogens (tertiary/aromatic N) is 1. The van der Waals surface area contributed by atoms with Gasteiger partial charge in [0.1, 0.15) is 6.04 Å². The normalized spacial score (nSPS) is 20.2. The van der Waals surface area contributed by atoms with Gasteiger partial charge in [0.15, 0.2) is 0 Å². The van der Waals surface area contributed by atoms with Gasteiger partial charge in [0.2, 0.25) is 11.8 Å². The van der Waals surface area contributed by atoms with E-state index in [-0.39, 0.29) is 36.7 Å². The minimum absolute atomic E-state index is 0. The molecule has 2 aliphatic rings. The molecule has 0 saturated carbocycles. The third kappa shape index (κ3) is 2.85. The number of carbonyl (C=O) groups is 4. The zero-order chi connectivity index (χ0) is 15.9. The summed E-state index contributed by atoms with van der Waals surface area (Å²) in [4.78, 5) is 49.0. The first kappa shape index (κ1) is 17.1. The van der Waals surface area contributed by atoms with Crippen LogP contribution in [0.2, 0.25) is 0 Å². The Balaban J connectivity index is 0.00000192. The van der Waals surface area contributed by atoms with Crippen molar-refractivity contribution in [2.45, 2.75) is 25.3 Å². The Morgan fingerprint density at radius 2 is 1.83 bits per heavy atom. The summed E-state index contributed by atoms with van der Waals surface area (Å²) in [5.41, 5.74) is 6.94. The maximum Gasteiger partial charge on any atom is 0.262 e. The van der Waals surface area contributed by atoms with Crippen LogP contribution in [-0.4, -0.2) is 41.1 Å². The SMILES string of the molecule is Cl.NCCc1ccc2c(c1)C(=O)N(C1CCC(=O)NC1=O)C2=O. The number of benzene rings is 1. The number of carbonyl (C=O) groups excluding carboxylic acids is 4. The number of hydrogen-bond acceptors (Lipinski definition) is 5. The number of halogens is 1. The molecule has 122 valence electrons. The Hall–Kier alpha value is -2.25. The molecule has 7 nitrogen and oxygen atoms in total. The van der Waals surface area contributed by atoms with Crippen LogP contribution in [0.25, 0.3) is 0 Å². The first-order chi connectivity index (χ1) is 10.5. The van der Waals surface area contributed by atoms with Crippen LogP contribution < -0.4 is 11.1 Å². The van der Waals surface area contributed by atoms with Gasteiger partial charge in [0.05, 0.1) is 11.1 Å². The second kappa shape index (κ2) is 6.47. The van der Waals surface area contributed by atoms with Gasteiger partial charge in [-0.1, -0.05) is 6.07 Å². The van der Waals surface area contributed by atoms with Gasteiger partial charge in [-0.15, -0.1) is 12.4 Å². The molecular formula is C15H16ClN3O4. The molecule has 23 heavy (non-hydrogen) atoms. The summed E-state index contributed by atoms with van der Waals surface area (Å²) in [7, 11) is 0. The summed E-state index contributed by atoms with van der Waals surface area (Å²) in [6.45, 7) is 0.442. The third-order valence-corrected chi connectivity index (χ3v) is 3.94. The summed E-state index contributed by atoms with van der Waals surface area (Å²) in [5.74, 6) is -1.97. The smallest absolute Gasteiger partial charge is 0.262 e. The van der Waals surface area contributed by atoms with Gasteiger partial charge >= 0.3 is 0 Å². The fourth-order valence-corrected chi connectivity index (χ4v) is 2.84. The van der Waals surface area contributed by atoms with Gasteiger partial charge < -0.3 is 5.73 Å². The number of imide groups is 2. The highest BCUT2D eigenvalue weighted by Gasteiger charge is 2.44. The molecule has 2 heterocycles. The van der Waals surface area contributed by atoms with Crippen LogP contribution >= 0.6 is 12.4 Å². The lowest BCUT2D eigenvalue weighted by molar-refractivity contribution is -0.136. The van der Waals surface area contributed by atoms with Gasteiger partial charge in [-0.05, 0) is 37.1 Å². The molecule has 3 rings (SSSR count). The topological polar surface area (TPSA) is 110 Å². The Kier molecular flexibility index (Phi) is 4.82. The largest absolute Gasteiger partial charge is 0.330 e. The molecule has 1 aromatic carbocycles. The Labute approximate surface area is 138 Å². The summed E-state index contributed by atoms with van der Waals surface area (Å²) >= 11 is 0. The maximum atomic E-state index is 12.5. The van der Waals surface area contributed by atoms with E-state index in [9.17, 15) is 19.2 Å².